The van der Waals surface area contributed by atoms with Crippen molar-refractivity contribution in [3.05, 3.63) is 11.6 Å². The normalized spacial score (nSPS) is 43.4. The minimum atomic E-state index is -0.276. The molecule has 0 saturated heterocycles. The van der Waals surface area contributed by atoms with Crippen LogP contribution in [0.25, 0.3) is 0 Å². The molecule has 5 unspecified atom stereocenters. The number of hydrogen-bond donors (Lipinski definition) is 0. The molecule has 0 aromatic carbocycles. The van der Waals surface area contributed by atoms with Gasteiger partial charge in [-0.2, -0.15) is 0 Å². The number of rotatable bonds is 2. The molecule has 130 valence electrons. The minimum absolute atomic E-state index is 0.0247. The summed E-state index contributed by atoms with van der Waals surface area (Å²) in [6.07, 6.45) is 11.1. The van der Waals surface area contributed by atoms with E-state index in [1.165, 1.54) is 25.7 Å². The standard InChI is InChI=1S/C21H34O2/c1-14(2)15-7-9-17-16(13-15)8-10-18-20(17,3)11-6-12-21(18,4)19(22)23-5/h13-15,17-18H,6-12H2,1-5H3. The fraction of sp³-hybridized carbons (Fsp3) is 0.857. The zero-order chi connectivity index (χ0) is 16.8. The smallest absolute Gasteiger partial charge is 0.311 e. The molecular weight excluding hydrogens is 284 g/mol. The molecule has 2 nitrogen and oxygen atoms in total. The Morgan fingerprint density at radius 3 is 2.61 bits per heavy atom. The molecule has 2 heteroatoms. The second-order valence-electron chi connectivity index (χ2n) is 9.14. The Morgan fingerprint density at radius 2 is 1.96 bits per heavy atom. The third-order valence-electron chi connectivity index (χ3n) is 7.67. The topological polar surface area (TPSA) is 26.3 Å². The quantitative estimate of drug-likeness (QED) is 0.505. The summed E-state index contributed by atoms with van der Waals surface area (Å²) in [5.74, 6) is 2.71. The van der Waals surface area contributed by atoms with Gasteiger partial charge in [-0.05, 0) is 74.5 Å². The van der Waals surface area contributed by atoms with Crippen LogP contribution in [0.15, 0.2) is 11.6 Å². The summed E-state index contributed by atoms with van der Waals surface area (Å²) >= 11 is 0. The van der Waals surface area contributed by atoms with Gasteiger partial charge in [0.15, 0.2) is 0 Å². The first-order valence-corrected chi connectivity index (χ1v) is 9.62. The molecule has 0 aliphatic heterocycles. The first-order valence-electron chi connectivity index (χ1n) is 9.62. The molecule has 2 fully saturated rings. The number of hydrogen-bond acceptors (Lipinski definition) is 2. The summed E-state index contributed by atoms with van der Waals surface area (Å²) in [5, 5.41) is 0. The molecule has 3 aliphatic rings. The molecule has 0 bridgehead atoms. The molecule has 0 radical (unpaired) electrons. The van der Waals surface area contributed by atoms with Crippen LogP contribution in [0.3, 0.4) is 0 Å². The predicted molar refractivity (Wildman–Crippen MR) is 93.9 cm³/mol. The molecule has 3 aliphatic carbocycles. The lowest BCUT2D eigenvalue weighted by Crippen LogP contribution is -2.54. The van der Waals surface area contributed by atoms with Crippen molar-refractivity contribution in [1.29, 1.82) is 0 Å². The Morgan fingerprint density at radius 1 is 1.22 bits per heavy atom. The number of methoxy groups -OCH3 is 1. The average Bonchev–Trinajstić information content (AvgIpc) is 2.53. The summed E-state index contributed by atoms with van der Waals surface area (Å²) in [6, 6.07) is 0. The van der Waals surface area contributed by atoms with Crippen LogP contribution in [-0.2, 0) is 9.53 Å². The zero-order valence-corrected chi connectivity index (χ0v) is 15.7. The number of carbonyl (C=O) groups excluding carboxylic acids is 1. The molecule has 2 saturated carbocycles. The Labute approximate surface area is 142 Å². The molecular formula is C21H34O2. The van der Waals surface area contributed by atoms with Gasteiger partial charge in [0.05, 0.1) is 12.5 Å². The van der Waals surface area contributed by atoms with Crippen LogP contribution in [-0.4, -0.2) is 13.1 Å². The zero-order valence-electron chi connectivity index (χ0n) is 15.7. The van der Waals surface area contributed by atoms with Gasteiger partial charge in [-0.25, -0.2) is 0 Å². The highest BCUT2D eigenvalue weighted by Crippen LogP contribution is 2.63. The SMILES string of the molecule is COC(=O)C1(C)CCCC2(C)C3CCC(C(C)C)C=C3CCC12. The lowest BCUT2D eigenvalue weighted by atomic mass is 9.45. The highest BCUT2D eigenvalue weighted by atomic mass is 16.5. The maximum atomic E-state index is 12.6. The Kier molecular flexibility index (Phi) is 4.40. The van der Waals surface area contributed by atoms with Gasteiger partial charge in [0, 0.05) is 0 Å². The summed E-state index contributed by atoms with van der Waals surface area (Å²) in [7, 11) is 1.56. The third-order valence-corrected chi connectivity index (χ3v) is 7.67. The van der Waals surface area contributed by atoms with Crippen molar-refractivity contribution in [2.24, 2.45) is 34.5 Å². The Bertz CT molecular complexity index is 506. The minimum Gasteiger partial charge on any atom is -0.469 e. The largest absolute Gasteiger partial charge is 0.469 e. The molecule has 0 N–H and O–H groups in total. The molecule has 0 heterocycles. The summed E-state index contributed by atoms with van der Waals surface area (Å²) < 4.78 is 5.22. The number of fused-ring (bicyclic) bond motifs is 3. The van der Waals surface area contributed by atoms with Crippen LogP contribution < -0.4 is 0 Å². The molecule has 0 aromatic heterocycles. The molecule has 0 amide bonds. The first-order chi connectivity index (χ1) is 10.8. The van der Waals surface area contributed by atoms with Crippen molar-refractivity contribution < 1.29 is 9.53 Å². The summed E-state index contributed by atoms with van der Waals surface area (Å²) in [5.41, 5.74) is 1.72. The van der Waals surface area contributed by atoms with Gasteiger partial charge in [-0.15, -0.1) is 0 Å². The lowest BCUT2D eigenvalue weighted by Gasteiger charge is -2.58. The van der Waals surface area contributed by atoms with Crippen molar-refractivity contribution in [2.45, 2.75) is 72.6 Å². The van der Waals surface area contributed by atoms with Crippen LogP contribution in [0.5, 0.6) is 0 Å². The van der Waals surface area contributed by atoms with E-state index in [0.29, 0.717) is 11.8 Å². The molecule has 0 spiro atoms. The average molecular weight is 319 g/mol. The second kappa shape index (κ2) is 5.93. The van der Waals surface area contributed by atoms with E-state index in [-0.39, 0.29) is 16.8 Å². The van der Waals surface area contributed by atoms with Gasteiger partial charge in [0.25, 0.3) is 0 Å². The molecule has 23 heavy (non-hydrogen) atoms. The second-order valence-corrected chi connectivity index (χ2v) is 9.14. The summed E-state index contributed by atoms with van der Waals surface area (Å²) in [4.78, 5) is 12.6. The van der Waals surface area contributed by atoms with Gasteiger partial charge in [-0.3, -0.25) is 4.79 Å². The third kappa shape index (κ3) is 2.57. The summed E-state index contributed by atoms with van der Waals surface area (Å²) in [6.45, 7) is 9.36. The van der Waals surface area contributed by atoms with Crippen molar-refractivity contribution in [3.8, 4) is 0 Å². The van der Waals surface area contributed by atoms with E-state index in [4.69, 9.17) is 4.74 Å². The van der Waals surface area contributed by atoms with E-state index < -0.39 is 0 Å². The first kappa shape index (κ1) is 17.0. The highest BCUT2D eigenvalue weighted by molar-refractivity contribution is 5.77. The van der Waals surface area contributed by atoms with Crippen LogP contribution in [0, 0.1) is 34.5 Å². The van der Waals surface area contributed by atoms with Gasteiger partial charge >= 0.3 is 5.97 Å². The number of allylic oxidation sites excluding steroid dienone is 2. The van der Waals surface area contributed by atoms with Crippen LogP contribution >= 0.6 is 0 Å². The Hall–Kier alpha value is -0.790. The monoisotopic (exact) mass is 318 g/mol. The number of esters is 1. The van der Waals surface area contributed by atoms with E-state index in [9.17, 15) is 4.79 Å². The van der Waals surface area contributed by atoms with Crippen molar-refractivity contribution >= 4 is 5.97 Å². The highest BCUT2D eigenvalue weighted by Gasteiger charge is 2.58. The van der Waals surface area contributed by atoms with Crippen LogP contribution in [0.1, 0.15) is 72.6 Å². The van der Waals surface area contributed by atoms with E-state index in [0.717, 1.165) is 31.1 Å². The van der Waals surface area contributed by atoms with Crippen molar-refractivity contribution in [1.82, 2.24) is 0 Å². The van der Waals surface area contributed by atoms with E-state index in [1.807, 2.05) is 0 Å². The number of ether oxygens (including phenoxy) is 1. The fourth-order valence-corrected chi connectivity index (χ4v) is 6.32. The van der Waals surface area contributed by atoms with Gasteiger partial charge in [0.2, 0.25) is 0 Å². The molecule has 0 aromatic rings. The van der Waals surface area contributed by atoms with Gasteiger partial charge in [-0.1, -0.05) is 38.8 Å². The van der Waals surface area contributed by atoms with Crippen molar-refractivity contribution in [2.75, 3.05) is 7.11 Å². The van der Waals surface area contributed by atoms with Gasteiger partial charge in [0.1, 0.15) is 0 Å². The maximum absolute atomic E-state index is 12.6. The van der Waals surface area contributed by atoms with E-state index in [2.05, 4.69) is 33.8 Å². The predicted octanol–water partition coefficient (Wildman–Crippen LogP) is 5.37. The Balaban J connectivity index is 1.93. The fourth-order valence-electron chi connectivity index (χ4n) is 6.32. The van der Waals surface area contributed by atoms with Crippen molar-refractivity contribution in [3.63, 3.8) is 0 Å². The number of carbonyl (C=O) groups is 1. The van der Waals surface area contributed by atoms with E-state index in [1.54, 1.807) is 12.7 Å². The molecule has 5 atom stereocenters. The lowest BCUT2D eigenvalue weighted by molar-refractivity contribution is -0.168. The van der Waals surface area contributed by atoms with Crippen LogP contribution in [0.2, 0.25) is 0 Å². The van der Waals surface area contributed by atoms with E-state index >= 15 is 0 Å². The van der Waals surface area contributed by atoms with Gasteiger partial charge < -0.3 is 4.74 Å². The van der Waals surface area contributed by atoms with Crippen LogP contribution in [0.4, 0.5) is 0 Å². The maximum Gasteiger partial charge on any atom is 0.311 e. The molecule has 3 rings (SSSR count).